The molecule has 0 aliphatic carbocycles. The minimum atomic E-state index is -0.431. The lowest BCUT2D eigenvalue weighted by Crippen LogP contribution is -2.28. The second kappa shape index (κ2) is 10.4. The summed E-state index contributed by atoms with van der Waals surface area (Å²) in [5, 5.41) is 6.52. The lowest BCUT2D eigenvalue weighted by Gasteiger charge is -2.17. The number of nitrogens with zero attached hydrogens (tertiary/aromatic N) is 1. The van der Waals surface area contributed by atoms with Crippen LogP contribution in [0.3, 0.4) is 0 Å². The van der Waals surface area contributed by atoms with E-state index in [0.717, 1.165) is 22.5 Å². The number of amides is 2. The summed E-state index contributed by atoms with van der Waals surface area (Å²) < 4.78 is 19.9. The fourth-order valence-corrected chi connectivity index (χ4v) is 5.03. The number of benzene rings is 2. The van der Waals surface area contributed by atoms with Gasteiger partial charge in [0.25, 0.3) is 11.8 Å². The normalized spacial score (nSPS) is 10.9. The zero-order valence-electron chi connectivity index (χ0n) is 19.4. The van der Waals surface area contributed by atoms with Crippen molar-refractivity contribution in [1.29, 1.82) is 0 Å². The van der Waals surface area contributed by atoms with Crippen LogP contribution in [0.1, 0.15) is 32.1 Å². The van der Waals surface area contributed by atoms with Crippen LogP contribution in [-0.2, 0) is 11.3 Å². The van der Waals surface area contributed by atoms with E-state index in [4.69, 9.17) is 16.3 Å². The van der Waals surface area contributed by atoms with Gasteiger partial charge in [0, 0.05) is 16.6 Å². The molecule has 9 heteroatoms. The summed E-state index contributed by atoms with van der Waals surface area (Å²) >= 11 is 7.50. The minimum absolute atomic E-state index is 0.157. The van der Waals surface area contributed by atoms with Crippen LogP contribution in [0, 0.1) is 26.6 Å². The van der Waals surface area contributed by atoms with Crippen molar-refractivity contribution >= 4 is 50.7 Å². The highest BCUT2D eigenvalue weighted by Gasteiger charge is 2.21. The van der Waals surface area contributed by atoms with E-state index in [1.54, 1.807) is 13.0 Å². The molecule has 2 amide bonds. The van der Waals surface area contributed by atoms with Crippen molar-refractivity contribution in [3.8, 4) is 5.75 Å². The number of carbonyl (C=O) groups excluding carboxylic acids is 2. The predicted octanol–water partition coefficient (Wildman–Crippen LogP) is 5.96. The number of aromatic nitrogens is 1. The lowest BCUT2D eigenvalue weighted by atomic mass is 10.1. The van der Waals surface area contributed by atoms with Crippen LogP contribution in [0.5, 0.6) is 5.75 Å². The Kier molecular flexibility index (Phi) is 7.33. The second-order valence-corrected chi connectivity index (χ2v) is 9.45. The Morgan fingerprint density at radius 2 is 1.83 bits per heavy atom. The number of aryl methyl sites for hydroxylation is 1. The molecule has 2 heterocycles. The van der Waals surface area contributed by atoms with Crippen LogP contribution in [0.4, 0.5) is 10.2 Å². The summed E-state index contributed by atoms with van der Waals surface area (Å²) in [5.74, 6) is -0.217. The molecule has 0 bridgehead atoms. The monoisotopic (exact) mass is 511 g/mol. The van der Waals surface area contributed by atoms with E-state index in [1.807, 2.05) is 44.2 Å². The number of hydrogen-bond donors (Lipinski definition) is 2. The summed E-state index contributed by atoms with van der Waals surface area (Å²) in [6, 6.07) is 13.8. The Bertz CT molecular complexity index is 1420. The largest absolute Gasteiger partial charge is 0.482 e. The Balaban J connectivity index is 1.45. The maximum atomic E-state index is 13.6. The summed E-state index contributed by atoms with van der Waals surface area (Å²) in [6.07, 6.45) is 0. The van der Waals surface area contributed by atoms with Gasteiger partial charge in [-0.15, -0.1) is 11.3 Å². The summed E-state index contributed by atoms with van der Waals surface area (Å²) in [4.78, 5) is 30.0. The van der Waals surface area contributed by atoms with E-state index in [9.17, 15) is 14.0 Å². The molecule has 6 nitrogen and oxygen atoms in total. The Labute approximate surface area is 211 Å². The average Bonchev–Trinajstić information content (AvgIpc) is 3.17. The van der Waals surface area contributed by atoms with Gasteiger partial charge in [0.05, 0.1) is 10.7 Å². The maximum Gasteiger partial charge on any atom is 0.268 e. The molecule has 0 aliphatic rings. The molecule has 0 radical (unpaired) electrons. The molecule has 0 fully saturated rings. The van der Waals surface area contributed by atoms with Crippen LogP contribution < -0.4 is 15.4 Å². The molecule has 0 saturated carbocycles. The van der Waals surface area contributed by atoms with E-state index in [2.05, 4.69) is 15.6 Å². The van der Waals surface area contributed by atoms with Crippen molar-refractivity contribution < 1.29 is 18.7 Å². The number of halogens is 2. The lowest BCUT2D eigenvalue weighted by molar-refractivity contribution is -0.123. The third-order valence-corrected chi connectivity index (χ3v) is 7.23. The van der Waals surface area contributed by atoms with Gasteiger partial charge in [-0.1, -0.05) is 41.9 Å². The molecule has 2 aromatic heterocycles. The molecule has 0 spiro atoms. The van der Waals surface area contributed by atoms with Gasteiger partial charge in [0.2, 0.25) is 0 Å². The van der Waals surface area contributed by atoms with E-state index in [-0.39, 0.29) is 22.4 Å². The van der Waals surface area contributed by atoms with Crippen molar-refractivity contribution in [2.24, 2.45) is 0 Å². The number of anilines is 1. The number of pyridine rings is 1. The molecular weight excluding hydrogens is 489 g/mol. The van der Waals surface area contributed by atoms with Gasteiger partial charge in [-0.2, -0.15) is 0 Å². The number of ether oxygens (including phenoxy) is 1. The average molecular weight is 512 g/mol. The van der Waals surface area contributed by atoms with Gasteiger partial charge in [-0.05, 0) is 55.7 Å². The topological polar surface area (TPSA) is 80.3 Å². The first kappa shape index (κ1) is 24.6. The molecule has 4 aromatic rings. The molecule has 0 saturated heterocycles. The van der Waals surface area contributed by atoms with Crippen molar-refractivity contribution in [2.75, 3.05) is 11.9 Å². The SMILES string of the molecule is Cc1nc(NC(=O)c2sc3cc(F)ccc3c2Cl)c(C)c(C)c1OCC(=O)NCc1ccccc1. The van der Waals surface area contributed by atoms with Crippen LogP contribution >= 0.6 is 22.9 Å². The Hall–Kier alpha value is -3.49. The third-order valence-electron chi connectivity index (χ3n) is 5.58. The first-order valence-corrected chi connectivity index (χ1v) is 12.0. The van der Waals surface area contributed by atoms with E-state index in [1.165, 1.54) is 12.1 Å². The van der Waals surface area contributed by atoms with Crippen molar-refractivity contribution in [1.82, 2.24) is 10.3 Å². The van der Waals surface area contributed by atoms with Gasteiger partial charge in [-0.25, -0.2) is 9.37 Å². The number of thiophene rings is 1. The third kappa shape index (κ3) is 5.44. The minimum Gasteiger partial charge on any atom is -0.482 e. The highest BCUT2D eigenvalue weighted by Crippen LogP contribution is 2.36. The molecule has 2 N–H and O–H groups in total. The van der Waals surface area contributed by atoms with Gasteiger partial charge < -0.3 is 15.4 Å². The van der Waals surface area contributed by atoms with Crippen LogP contribution in [0.15, 0.2) is 48.5 Å². The van der Waals surface area contributed by atoms with E-state index < -0.39 is 11.7 Å². The maximum absolute atomic E-state index is 13.6. The molecule has 0 aliphatic heterocycles. The van der Waals surface area contributed by atoms with Crippen molar-refractivity contribution in [3.63, 3.8) is 0 Å². The molecule has 35 heavy (non-hydrogen) atoms. The number of rotatable bonds is 7. The standard InChI is InChI=1S/C26H23ClFN3O3S/c1-14-15(2)25(31-26(33)24-22(27)19-10-9-18(28)11-20(19)35-24)30-16(3)23(14)34-13-21(32)29-12-17-7-5-4-6-8-17/h4-11H,12-13H2,1-3H3,(H,29,32)(H,30,31,33). The number of hydrogen-bond acceptors (Lipinski definition) is 5. The van der Waals surface area contributed by atoms with Crippen LogP contribution in [0.25, 0.3) is 10.1 Å². The molecule has 2 aromatic carbocycles. The first-order valence-electron chi connectivity index (χ1n) is 10.8. The predicted molar refractivity (Wildman–Crippen MR) is 137 cm³/mol. The fourth-order valence-electron chi connectivity index (χ4n) is 3.59. The zero-order valence-corrected chi connectivity index (χ0v) is 20.9. The molecule has 180 valence electrons. The van der Waals surface area contributed by atoms with E-state index in [0.29, 0.717) is 39.5 Å². The molecule has 0 atom stereocenters. The van der Waals surface area contributed by atoms with E-state index >= 15 is 0 Å². The summed E-state index contributed by atoms with van der Waals surface area (Å²) in [6.45, 7) is 5.65. The number of fused-ring (bicyclic) bond motifs is 1. The molecule has 0 unspecified atom stereocenters. The van der Waals surface area contributed by atoms with Crippen LogP contribution in [-0.4, -0.2) is 23.4 Å². The highest BCUT2D eigenvalue weighted by atomic mass is 35.5. The summed E-state index contributed by atoms with van der Waals surface area (Å²) in [5.41, 5.74) is 2.98. The Morgan fingerprint density at radius 3 is 2.57 bits per heavy atom. The van der Waals surface area contributed by atoms with Crippen molar-refractivity contribution in [3.05, 3.63) is 86.6 Å². The zero-order chi connectivity index (χ0) is 25.1. The van der Waals surface area contributed by atoms with Gasteiger partial charge in [0.15, 0.2) is 6.61 Å². The quantitative estimate of drug-likeness (QED) is 0.321. The van der Waals surface area contributed by atoms with Gasteiger partial charge in [0.1, 0.15) is 22.3 Å². The van der Waals surface area contributed by atoms with Crippen molar-refractivity contribution in [2.45, 2.75) is 27.3 Å². The molecular formula is C26H23ClFN3O3S. The second-order valence-electron chi connectivity index (χ2n) is 8.02. The van der Waals surface area contributed by atoms with Crippen LogP contribution in [0.2, 0.25) is 5.02 Å². The highest BCUT2D eigenvalue weighted by molar-refractivity contribution is 7.21. The molecule has 4 rings (SSSR count). The van der Waals surface area contributed by atoms with Gasteiger partial charge in [-0.3, -0.25) is 9.59 Å². The first-order chi connectivity index (χ1) is 16.7. The summed E-state index contributed by atoms with van der Waals surface area (Å²) in [7, 11) is 0. The number of carbonyl (C=O) groups is 2. The fraction of sp³-hybridized carbons (Fsp3) is 0.192. The smallest absolute Gasteiger partial charge is 0.268 e. The number of nitrogens with one attached hydrogen (secondary N) is 2. The van der Waals surface area contributed by atoms with Gasteiger partial charge >= 0.3 is 0 Å². The Morgan fingerprint density at radius 1 is 1.09 bits per heavy atom.